The molecule has 3 rings (SSSR count). The maximum absolute atomic E-state index is 12.0. The molecule has 0 fully saturated rings. The van der Waals surface area contributed by atoms with E-state index in [0.717, 1.165) is 16.8 Å². The zero-order valence-corrected chi connectivity index (χ0v) is 16.8. The molecule has 0 saturated heterocycles. The number of carbonyl (C=O) groups is 1. The summed E-state index contributed by atoms with van der Waals surface area (Å²) in [6.07, 6.45) is -0.308. The molecule has 7 heteroatoms. The van der Waals surface area contributed by atoms with Gasteiger partial charge in [0.15, 0.2) is 5.96 Å². The molecular formula is C22H28N4O3. The fourth-order valence-corrected chi connectivity index (χ4v) is 3.38. The summed E-state index contributed by atoms with van der Waals surface area (Å²) in [5.41, 5.74) is 2.74. The standard InChI is InChI=1S/C22H28N4O3/c1-3-23-22(25-14-20(27)15-7-6-8-17(11-15)29-2)24-13-16-12-21(28)26-19-10-5-4-9-18(16)19/h4-11,16,20,27H,3,12-14H2,1-2H3,(H,26,28)(H2,23,24,25). The Bertz CT molecular complexity index is 869. The highest BCUT2D eigenvalue weighted by Crippen LogP contribution is 2.31. The number of nitrogens with one attached hydrogen (secondary N) is 3. The minimum absolute atomic E-state index is 0.0193. The number of methoxy groups -OCH3 is 1. The molecule has 154 valence electrons. The third-order valence-corrected chi connectivity index (χ3v) is 4.87. The van der Waals surface area contributed by atoms with E-state index in [1.54, 1.807) is 13.2 Å². The molecule has 2 atom stereocenters. The number of ether oxygens (including phenoxy) is 1. The van der Waals surface area contributed by atoms with Gasteiger partial charge in [0, 0.05) is 31.1 Å². The summed E-state index contributed by atoms with van der Waals surface area (Å²) in [4.78, 5) is 16.5. The molecule has 0 aromatic heterocycles. The highest BCUT2D eigenvalue weighted by atomic mass is 16.5. The molecule has 0 radical (unpaired) electrons. The second-order valence-corrected chi connectivity index (χ2v) is 6.93. The predicted octanol–water partition coefficient (Wildman–Crippen LogP) is 2.41. The smallest absolute Gasteiger partial charge is 0.225 e. The maximum atomic E-state index is 12.0. The summed E-state index contributed by atoms with van der Waals surface area (Å²) < 4.78 is 5.21. The van der Waals surface area contributed by atoms with Gasteiger partial charge in [-0.1, -0.05) is 30.3 Å². The average Bonchev–Trinajstić information content (AvgIpc) is 2.75. The summed E-state index contributed by atoms with van der Waals surface area (Å²) in [5.74, 6) is 1.39. The molecule has 1 heterocycles. The van der Waals surface area contributed by atoms with Crippen LogP contribution in [0, 0.1) is 0 Å². The largest absolute Gasteiger partial charge is 0.497 e. The van der Waals surface area contributed by atoms with Crippen molar-refractivity contribution in [3.63, 3.8) is 0 Å². The van der Waals surface area contributed by atoms with Gasteiger partial charge < -0.3 is 25.8 Å². The number of carbonyl (C=O) groups excluding carboxylic acids is 1. The van der Waals surface area contributed by atoms with E-state index in [1.165, 1.54) is 0 Å². The number of nitrogens with zero attached hydrogens (tertiary/aromatic N) is 1. The first kappa shape index (κ1) is 20.7. The summed E-state index contributed by atoms with van der Waals surface area (Å²) in [6.45, 7) is 3.47. The highest BCUT2D eigenvalue weighted by molar-refractivity contribution is 5.94. The molecule has 7 nitrogen and oxygen atoms in total. The molecule has 29 heavy (non-hydrogen) atoms. The van der Waals surface area contributed by atoms with E-state index in [9.17, 15) is 9.90 Å². The summed E-state index contributed by atoms with van der Waals surface area (Å²) in [5, 5.41) is 19.9. The van der Waals surface area contributed by atoms with Crippen molar-refractivity contribution < 1.29 is 14.6 Å². The lowest BCUT2D eigenvalue weighted by Gasteiger charge is -2.26. The molecule has 0 saturated carbocycles. The van der Waals surface area contributed by atoms with Crippen LogP contribution >= 0.6 is 0 Å². The quantitative estimate of drug-likeness (QED) is 0.426. The molecule has 1 amide bonds. The third kappa shape index (κ3) is 5.48. The average molecular weight is 396 g/mol. The Hall–Kier alpha value is -3.06. The van der Waals surface area contributed by atoms with E-state index in [2.05, 4.69) is 20.9 Å². The molecule has 0 spiro atoms. The lowest BCUT2D eigenvalue weighted by molar-refractivity contribution is -0.116. The fraction of sp³-hybridized carbons (Fsp3) is 0.364. The van der Waals surface area contributed by atoms with Crippen molar-refractivity contribution in [1.29, 1.82) is 0 Å². The van der Waals surface area contributed by atoms with E-state index in [-0.39, 0.29) is 18.4 Å². The number of aliphatic hydroxyl groups excluding tert-OH is 1. The van der Waals surface area contributed by atoms with Crippen molar-refractivity contribution in [2.75, 3.05) is 32.1 Å². The fourth-order valence-electron chi connectivity index (χ4n) is 3.38. The van der Waals surface area contributed by atoms with Crippen LogP contribution in [0.2, 0.25) is 0 Å². The SMILES string of the molecule is CCNC(=NCC(O)c1cccc(OC)c1)NCC1CC(=O)Nc2ccccc21. The van der Waals surface area contributed by atoms with Crippen LogP contribution in [0.25, 0.3) is 0 Å². The van der Waals surface area contributed by atoms with Crippen LogP contribution in [0.15, 0.2) is 53.5 Å². The van der Waals surface area contributed by atoms with Crippen LogP contribution in [0.4, 0.5) is 5.69 Å². The number of benzene rings is 2. The van der Waals surface area contributed by atoms with Crippen molar-refractivity contribution in [3.8, 4) is 5.75 Å². The molecule has 0 bridgehead atoms. The van der Waals surface area contributed by atoms with Crippen LogP contribution in [0.5, 0.6) is 5.75 Å². The van der Waals surface area contributed by atoms with E-state index in [4.69, 9.17) is 4.74 Å². The lowest BCUT2D eigenvalue weighted by Crippen LogP contribution is -2.41. The van der Waals surface area contributed by atoms with Gasteiger partial charge in [-0.3, -0.25) is 9.79 Å². The van der Waals surface area contributed by atoms with Gasteiger partial charge in [0.1, 0.15) is 5.75 Å². The van der Waals surface area contributed by atoms with Crippen LogP contribution < -0.4 is 20.7 Å². The van der Waals surface area contributed by atoms with Crippen molar-refractivity contribution in [2.24, 2.45) is 4.99 Å². The van der Waals surface area contributed by atoms with Crippen molar-refractivity contribution in [3.05, 3.63) is 59.7 Å². The Kier molecular flexibility index (Phi) is 7.08. The van der Waals surface area contributed by atoms with Crippen LogP contribution in [-0.4, -0.2) is 43.7 Å². The number of anilines is 1. The van der Waals surface area contributed by atoms with E-state index in [0.29, 0.717) is 31.2 Å². The number of aliphatic imine (C=N–C) groups is 1. The predicted molar refractivity (Wildman–Crippen MR) is 114 cm³/mol. The van der Waals surface area contributed by atoms with Gasteiger partial charge in [-0.05, 0) is 36.2 Å². The third-order valence-electron chi connectivity index (χ3n) is 4.87. The molecule has 2 unspecified atom stereocenters. The number of para-hydroxylation sites is 1. The van der Waals surface area contributed by atoms with Crippen molar-refractivity contribution in [1.82, 2.24) is 10.6 Å². The minimum Gasteiger partial charge on any atom is -0.497 e. The van der Waals surface area contributed by atoms with Crippen LogP contribution in [0.1, 0.15) is 36.5 Å². The number of hydrogen-bond donors (Lipinski definition) is 4. The topological polar surface area (TPSA) is 95.0 Å². The number of rotatable bonds is 7. The lowest BCUT2D eigenvalue weighted by atomic mass is 9.90. The maximum Gasteiger partial charge on any atom is 0.225 e. The normalized spacial score (nSPS) is 17.1. The summed E-state index contributed by atoms with van der Waals surface area (Å²) in [6, 6.07) is 15.2. The van der Waals surface area contributed by atoms with Crippen molar-refractivity contribution in [2.45, 2.75) is 25.4 Å². The molecule has 4 N–H and O–H groups in total. The van der Waals surface area contributed by atoms with Crippen LogP contribution in [0.3, 0.4) is 0 Å². The summed E-state index contributed by atoms with van der Waals surface area (Å²) in [7, 11) is 1.60. The second-order valence-electron chi connectivity index (χ2n) is 6.93. The Labute approximate surface area is 171 Å². The number of hydrogen-bond acceptors (Lipinski definition) is 4. The first-order valence-corrected chi connectivity index (χ1v) is 9.83. The van der Waals surface area contributed by atoms with Gasteiger partial charge in [0.25, 0.3) is 0 Å². The van der Waals surface area contributed by atoms with Gasteiger partial charge >= 0.3 is 0 Å². The Balaban J connectivity index is 1.64. The minimum atomic E-state index is -0.734. The Morgan fingerprint density at radius 1 is 1.28 bits per heavy atom. The molecular weight excluding hydrogens is 368 g/mol. The van der Waals surface area contributed by atoms with E-state index < -0.39 is 6.10 Å². The van der Waals surface area contributed by atoms with E-state index >= 15 is 0 Å². The highest BCUT2D eigenvalue weighted by Gasteiger charge is 2.24. The Morgan fingerprint density at radius 3 is 2.90 bits per heavy atom. The number of fused-ring (bicyclic) bond motifs is 1. The number of amides is 1. The number of aliphatic hydroxyl groups is 1. The molecule has 1 aliphatic heterocycles. The van der Waals surface area contributed by atoms with Gasteiger partial charge in [-0.2, -0.15) is 0 Å². The first-order chi connectivity index (χ1) is 14.1. The van der Waals surface area contributed by atoms with Crippen molar-refractivity contribution >= 4 is 17.6 Å². The summed E-state index contributed by atoms with van der Waals surface area (Å²) >= 11 is 0. The number of guanidine groups is 1. The molecule has 2 aromatic carbocycles. The Morgan fingerprint density at radius 2 is 2.10 bits per heavy atom. The monoisotopic (exact) mass is 396 g/mol. The zero-order valence-electron chi connectivity index (χ0n) is 16.8. The van der Waals surface area contributed by atoms with E-state index in [1.807, 2.05) is 49.4 Å². The van der Waals surface area contributed by atoms with Gasteiger partial charge in [0.2, 0.25) is 5.91 Å². The zero-order chi connectivity index (χ0) is 20.6. The van der Waals surface area contributed by atoms with Gasteiger partial charge in [-0.15, -0.1) is 0 Å². The molecule has 1 aliphatic rings. The second kappa shape index (κ2) is 9.93. The molecule has 2 aromatic rings. The van der Waals surface area contributed by atoms with Crippen LogP contribution in [-0.2, 0) is 4.79 Å². The van der Waals surface area contributed by atoms with Gasteiger partial charge in [0.05, 0.1) is 19.8 Å². The first-order valence-electron chi connectivity index (χ1n) is 9.83. The van der Waals surface area contributed by atoms with Gasteiger partial charge in [-0.25, -0.2) is 0 Å². The molecule has 0 aliphatic carbocycles.